The fourth-order valence-electron chi connectivity index (χ4n) is 9.51. The second kappa shape index (κ2) is 8.82. The van der Waals surface area contributed by atoms with Crippen LogP contribution in [0.2, 0.25) is 0 Å². The quantitative estimate of drug-likeness (QED) is 0.286. The number of carbonyl (C=O) groups excluding carboxylic acids is 2. The minimum atomic E-state index is -1.65. The molecule has 1 saturated heterocycles. The third-order valence-electron chi connectivity index (χ3n) is 11.9. The lowest BCUT2D eigenvalue weighted by Gasteiger charge is -2.62. The van der Waals surface area contributed by atoms with E-state index >= 15 is 0 Å². The van der Waals surface area contributed by atoms with Gasteiger partial charge in [0.1, 0.15) is 6.10 Å². The Kier molecular flexibility index (Phi) is 6.54. The van der Waals surface area contributed by atoms with Gasteiger partial charge in [0.05, 0.1) is 41.5 Å². The Hall–Kier alpha value is -1.36. The molecule has 6 N–H and O–H groups in total. The van der Waals surface area contributed by atoms with E-state index in [0.717, 1.165) is 0 Å². The highest BCUT2D eigenvalue weighted by molar-refractivity contribution is 5.95. The van der Waals surface area contributed by atoms with Gasteiger partial charge in [0, 0.05) is 23.2 Å². The monoisotopic (exact) mass is 536 g/mol. The highest BCUT2D eigenvalue weighted by Gasteiger charge is 2.71. The lowest BCUT2D eigenvalue weighted by Crippen LogP contribution is -2.66. The molecule has 0 bridgehead atoms. The van der Waals surface area contributed by atoms with Gasteiger partial charge in [-0.1, -0.05) is 20.8 Å². The first-order valence-electron chi connectivity index (χ1n) is 14.1. The van der Waals surface area contributed by atoms with Crippen molar-refractivity contribution in [1.29, 1.82) is 0 Å². The standard InChI is InChI=1S/C29H44O9/c1-13-15(14(2)38-25(13)35)8-23(34)28(5,36)22-6-7-29(37)17-10-18(30)16-9-19(31)20(32)11-26(16,3)24(17)21(33)12-27(22,29)4/h10,13-16,19-24,31-34,36-37H,6-9,11-12H2,1-5H3/t13-,14+,15-,16-,19+,20-,21+,22-,23+,24+,26-,27+,28+,29+/m0/s1. The fourth-order valence-corrected chi connectivity index (χ4v) is 9.51. The molecule has 0 aromatic heterocycles. The van der Waals surface area contributed by atoms with Gasteiger partial charge in [-0.3, -0.25) is 9.59 Å². The van der Waals surface area contributed by atoms with Gasteiger partial charge in [0.25, 0.3) is 0 Å². The van der Waals surface area contributed by atoms with Crippen LogP contribution in [0.1, 0.15) is 73.1 Å². The summed E-state index contributed by atoms with van der Waals surface area (Å²) < 4.78 is 5.32. The van der Waals surface area contributed by atoms with Crippen LogP contribution >= 0.6 is 0 Å². The number of hydrogen-bond donors (Lipinski definition) is 6. The van der Waals surface area contributed by atoms with E-state index in [1.54, 1.807) is 20.8 Å². The van der Waals surface area contributed by atoms with Crippen molar-refractivity contribution in [2.75, 3.05) is 0 Å². The summed E-state index contributed by atoms with van der Waals surface area (Å²) in [6.07, 6.45) is -1.98. The zero-order chi connectivity index (χ0) is 28.2. The second-order valence-electron chi connectivity index (χ2n) is 13.8. The summed E-state index contributed by atoms with van der Waals surface area (Å²) in [6, 6.07) is 0. The maximum Gasteiger partial charge on any atom is 0.309 e. The molecule has 5 aliphatic rings. The van der Waals surface area contributed by atoms with Crippen LogP contribution in [-0.2, 0) is 14.3 Å². The van der Waals surface area contributed by atoms with E-state index in [-0.39, 0.29) is 55.9 Å². The van der Waals surface area contributed by atoms with Crippen LogP contribution in [0.25, 0.3) is 0 Å². The Morgan fingerprint density at radius 2 is 1.76 bits per heavy atom. The normalized spacial score (nSPS) is 52.8. The molecule has 0 radical (unpaired) electrons. The van der Waals surface area contributed by atoms with Crippen molar-refractivity contribution in [2.45, 2.75) is 115 Å². The summed E-state index contributed by atoms with van der Waals surface area (Å²) >= 11 is 0. The largest absolute Gasteiger partial charge is 0.462 e. The predicted octanol–water partition coefficient (Wildman–Crippen LogP) is 0.861. The van der Waals surface area contributed by atoms with Gasteiger partial charge in [-0.2, -0.15) is 0 Å². The Morgan fingerprint density at radius 1 is 1.11 bits per heavy atom. The zero-order valence-electron chi connectivity index (χ0n) is 23.0. The SMILES string of the molecule is C[C@@H]1C(=O)O[C@H](C)[C@H]1C[C@@H](O)[C@](C)(O)[C@H]1CC[C@@]2(O)C3=CC(=O)[C@@H]4C[C@@H](O)[C@@H](O)C[C@]4(C)[C@H]3[C@H](O)C[C@]12C. The maximum atomic E-state index is 13.4. The van der Waals surface area contributed by atoms with Gasteiger partial charge in [-0.05, 0) is 75.4 Å². The first kappa shape index (κ1) is 28.2. The molecular formula is C29H44O9. The summed E-state index contributed by atoms with van der Waals surface area (Å²) in [5, 5.41) is 67.9. The van der Waals surface area contributed by atoms with Crippen LogP contribution in [0.4, 0.5) is 0 Å². The number of carbonyl (C=O) groups is 2. The van der Waals surface area contributed by atoms with Crippen molar-refractivity contribution in [3.8, 4) is 0 Å². The van der Waals surface area contributed by atoms with Crippen molar-refractivity contribution in [1.82, 2.24) is 0 Å². The molecule has 1 heterocycles. The molecule has 0 aromatic rings. The van der Waals surface area contributed by atoms with E-state index in [2.05, 4.69) is 0 Å². The molecule has 5 rings (SSSR count). The Labute approximate surface area is 223 Å². The highest BCUT2D eigenvalue weighted by atomic mass is 16.6. The molecule has 3 saturated carbocycles. The van der Waals surface area contributed by atoms with E-state index in [0.29, 0.717) is 12.0 Å². The minimum absolute atomic E-state index is 0.104. The molecular weight excluding hydrogens is 492 g/mol. The summed E-state index contributed by atoms with van der Waals surface area (Å²) in [5.74, 6) is -2.96. The summed E-state index contributed by atoms with van der Waals surface area (Å²) in [4.78, 5) is 25.4. The van der Waals surface area contributed by atoms with E-state index in [1.165, 1.54) is 6.08 Å². The van der Waals surface area contributed by atoms with Crippen LogP contribution in [0.5, 0.6) is 0 Å². The number of allylic oxidation sites excluding steroid dienone is 1. The molecule has 0 spiro atoms. The van der Waals surface area contributed by atoms with Gasteiger partial charge in [0.15, 0.2) is 5.78 Å². The van der Waals surface area contributed by atoms with Gasteiger partial charge in [-0.15, -0.1) is 0 Å². The molecule has 38 heavy (non-hydrogen) atoms. The zero-order valence-corrected chi connectivity index (χ0v) is 23.0. The van der Waals surface area contributed by atoms with Crippen molar-refractivity contribution >= 4 is 11.8 Å². The van der Waals surface area contributed by atoms with Gasteiger partial charge in [0.2, 0.25) is 0 Å². The van der Waals surface area contributed by atoms with Crippen molar-refractivity contribution < 1.29 is 45.0 Å². The first-order valence-corrected chi connectivity index (χ1v) is 14.1. The van der Waals surface area contributed by atoms with Crippen LogP contribution in [0, 0.1) is 40.4 Å². The molecule has 0 aromatic carbocycles. The van der Waals surface area contributed by atoms with Gasteiger partial charge < -0.3 is 35.4 Å². The summed E-state index contributed by atoms with van der Waals surface area (Å²) in [5.41, 5.74) is -4.58. The average Bonchev–Trinajstić information content (AvgIpc) is 3.22. The molecule has 9 heteroatoms. The van der Waals surface area contributed by atoms with Crippen LogP contribution in [0.3, 0.4) is 0 Å². The van der Waals surface area contributed by atoms with Crippen molar-refractivity contribution in [3.05, 3.63) is 11.6 Å². The van der Waals surface area contributed by atoms with E-state index in [9.17, 15) is 40.2 Å². The highest BCUT2D eigenvalue weighted by Crippen LogP contribution is 2.68. The number of fused-ring (bicyclic) bond motifs is 5. The van der Waals surface area contributed by atoms with E-state index in [4.69, 9.17) is 4.74 Å². The summed E-state index contributed by atoms with van der Waals surface area (Å²) in [7, 11) is 0. The Balaban J connectivity index is 1.48. The van der Waals surface area contributed by atoms with E-state index < -0.39 is 70.1 Å². The van der Waals surface area contributed by atoms with Gasteiger partial charge in [-0.25, -0.2) is 0 Å². The second-order valence-corrected chi connectivity index (χ2v) is 13.8. The Bertz CT molecular complexity index is 1040. The van der Waals surface area contributed by atoms with Crippen molar-refractivity contribution in [2.24, 2.45) is 40.4 Å². The smallest absolute Gasteiger partial charge is 0.309 e. The maximum absolute atomic E-state index is 13.4. The van der Waals surface area contributed by atoms with Crippen molar-refractivity contribution in [3.63, 3.8) is 0 Å². The third kappa shape index (κ3) is 3.65. The summed E-state index contributed by atoms with van der Waals surface area (Å²) in [6.45, 7) is 8.77. The molecule has 4 aliphatic carbocycles. The van der Waals surface area contributed by atoms with E-state index in [1.807, 2.05) is 13.8 Å². The first-order chi connectivity index (χ1) is 17.5. The molecule has 9 nitrogen and oxygen atoms in total. The molecule has 214 valence electrons. The predicted molar refractivity (Wildman–Crippen MR) is 135 cm³/mol. The van der Waals surface area contributed by atoms with Crippen LogP contribution in [-0.4, -0.2) is 84.1 Å². The lowest BCUT2D eigenvalue weighted by atomic mass is 9.44. The number of ketones is 1. The number of ether oxygens (including phenoxy) is 1. The molecule has 4 fully saturated rings. The number of aliphatic hydroxyl groups is 6. The molecule has 14 atom stereocenters. The average molecular weight is 537 g/mol. The number of esters is 1. The fraction of sp³-hybridized carbons (Fsp3) is 0.862. The molecule has 0 unspecified atom stereocenters. The number of hydrogen-bond acceptors (Lipinski definition) is 9. The number of rotatable bonds is 4. The number of aliphatic hydroxyl groups excluding tert-OH is 4. The van der Waals surface area contributed by atoms with Gasteiger partial charge >= 0.3 is 5.97 Å². The van der Waals surface area contributed by atoms with Crippen LogP contribution in [0.15, 0.2) is 11.6 Å². The lowest BCUT2D eigenvalue weighted by molar-refractivity contribution is -0.197. The number of cyclic esters (lactones) is 1. The molecule has 1 aliphatic heterocycles. The minimum Gasteiger partial charge on any atom is -0.462 e. The topological polar surface area (TPSA) is 165 Å². The molecule has 0 amide bonds. The van der Waals surface area contributed by atoms with Crippen LogP contribution < -0.4 is 0 Å². The Morgan fingerprint density at radius 3 is 2.37 bits per heavy atom. The third-order valence-corrected chi connectivity index (χ3v) is 11.9.